The first-order chi connectivity index (χ1) is 16.1. The molecule has 0 atom stereocenters. The molecule has 0 saturated carbocycles. The zero-order valence-electron chi connectivity index (χ0n) is 17.8. The first kappa shape index (κ1) is 20.3. The number of Topliss-reactive ketones (excluding diaryl/α,β-unsaturated/α-hetero) is 1. The molecule has 0 N–H and O–H groups in total. The van der Waals surface area contributed by atoms with Crippen LogP contribution >= 0.6 is 0 Å². The summed E-state index contributed by atoms with van der Waals surface area (Å²) in [4.78, 5) is 26.0. The molecule has 0 amide bonds. The summed E-state index contributed by atoms with van der Waals surface area (Å²) in [5, 5.41) is 11.8. The molecule has 8 heteroatoms. The fourth-order valence-corrected chi connectivity index (χ4v) is 3.95. The number of aryl methyl sites for hydroxylation is 1. The highest BCUT2D eigenvalue weighted by Gasteiger charge is 2.23. The van der Waals surface area contributed by atoms with Gasteiger partial charge in [-0.25, -0.2) is 9.48 Å². The number of rotatable bonds is 6. The van der Waals surface area contributed by atoms with E-state index in [9.17, 15) is 9.59 Å². The number of ether oxygens (including phenoxy) is 1. The van der Waals surface area contributed by atoms with E-state index in [4.69, 9.17) is 4.74 Å². The van der Waals surface area contributed by atoms with Crippen molar-refractivity contribution in [1.29, 1.82) is 0 Å². The number of tetrazole rings is 1. The number of hydrogen-bond acceptors (Lipinski definition) is 6. The van der Waals surface area contributed by atoms with Crippen molar-refractivity contribution in [3.8, 4) is 16.9 Å². The van der Waals surface area contributed by atoms with Crippen molar-refractivity contribution < 1.29 is 14.3 Å². The van der Waals surface area contributed by atoms with Gasteiger partial charge in [0.2, 0.25) is 5.78 Å². The first-order valence-corrected chi connectivity index (χ1v) is 10.3. The minimum absolute atomic E-state index is 0.268. The number of nitrogens with zero attached hydrogens (tertiary/aromatic N) is 5. The lowest BCUT2D eigenvalue weighted by Crippen LogP contribution is -2.15. The number of hydrogen-bond donors (Lipinski definition) is 0. The molecule has 0 fully saturated rings. The average molecular weight is 437 g/mol. The SMILES string of the molecule is Cn1c(-c2ccccc2)c(C(=O)COC(=O)c2cccc(-n3cnnn3)c2)c2ccccc21. The van der Waals surface area contributed by atoms with Crippen molar-refractivity contribution in [1.82, 2.24) is 24.8 Å². The van der Waals surface area contributed by atoms with Crippen molar-refractivity contribution in [2.24, 2.45) is 7.05 Å². The number of para-hydroxylation sites is 1. The Morgan fingerprint density at radius 2 is 1.73 bits per heavy atom. The van der Waals surface area contributed by atoms with E-state index in [2.05, 4.69) is 15.5 Å². The van der Waals surface area contributed by atoms with E-state index in [-0.39, 0.29) is 12.4 Å². The van der Waals surface area contributed by atoms with Gasteiger partial charge in [-0.15, -0.1) is 5.10 Å². The van der Waals surface area contributed by atoms with E-state index in [1.54, 1.807) is 24.3 Å². The average Bonchev–Trinajstić information content (AvgIpc) is 3.50. The van der Waals surface area contributed by atoms with Gasteiger partial charge in [-0.1, -0.05) is 54.6 Å². The molecule has 33 heavy (non-hydrogen) atoms. The first-order valence-electron chi connectivity index (χ1n) is 10.3. The van der Waals surface area contributed by atoms with E-state index in [0.29, 0.717) is 16.8 Å². The number of fused-ring (bicyclic) bond motifs is 1. The number of carbonyl (C=O) groups is 2. The zero-order chi connectivity index (χ0) is 22.8. The molecule has 0 bridgehead atoms. The maximum absolute atomic E-state index is 13.3. The second-order valence-electron chi connectivity index (χ2n) is 7.47. The summed E-state index contributed by atoms with van der Waals surface area (Å²) >= 11 is 0. The van der Waals surface area contributed by atoms with Crippen LogP contribution in [0, 0.1) is 0 Å². The van der Waals surface area contributed by atoms with E-state index in [0.717, 1.165) is 22.2 Å². The molecule has 0 aliphatic heterocycles. The van der Waals surface area contributed by atoms with E-state index < -0.39 is 5.97 Å². The number of carbonyl (C=O) groups excluding carboxylic acids is 2. The Balaban J connectivity index is 1.44. The van der Waals surface area contributed by atoms with Crippen molar-refractivity contribution in [2.45, 2.75) is 0 Å². The summed E-state index contributed by atoms with van der Waals surface area (Å²) in [5.74, 6) is -0.865. The van der Waals surface area contributed by atoms with Gasteiger partial charge in [-0.2, -0.15) is 0 Å². The Labute approximate surface area is 189 Å². The molecule has 2 heterocycles. The van der Waals surface area contributed by atoms with Crippen LogP contribution in [-0.4, -0.2) is 43.1 Å². The second kappa shape index (κ2) is 8.51. The summed E-state index contributed by atoms with van der Waals surface area (Å²) in [6.07, 6.45) is 1.43. The number of esters is 1. The van der Waals surface area contributed by atoms with Crippen molar-refractivity contribution in [3.05, 3.63) is 96.3 Å². The van der Waals surface area contributed by atoms with Crippen LogP contribution in [0.3, 0.4) is 0 Å². The molecule has 0 unspecified atom stereocenters. The topological polar surface area (TPSA) is 91.9 Å². The van der Waals surface area contributed by atoms with Crippen LogP contribution in [0.2, 0.25) is 0 Å². The molecule has 0 spiro atoms. The van der Waals surface area contributed by atoms with Crippen molar-refractivity contribution in [2.75, 3.05) is 6.61 Å². The fourth-order valence-electron chi connectivity index (χ4n) is 3.95. The number of benzene rings is 3. The van der Waals surface area contributed by atoms with Crippen LogP contribution in [0.4, 0.5) is 0 Å². The van der Waals surface area contributed by atoms with Crippen LogP contribution in [0.25, 0.3) is 27.8 Å². The standard InChI is InChI=1S/C25H19N5O3/c1-29-21-13-6-5-12-20(21)23(24(29)17-8-3-2-4-9-17)22(31)15-33-25(32)18-10-7-11-19(14-18)30-16-26-27-28-30/h2-14,16H,15H2,1H3. The Morgan fingerprint density at radius 3 is 2.52 bits per heavy atom. The van der Waals surface area contributed by atoms with Crippen LogP contribution in [0.5, 0.6) is 0 Å². The predicted octanol–water partition coefficient (Wildman–Crippen LogP) is 3.86. The normalized spacial score (nSPS) is 10.9. The van der Waals surface area contributed by atoms with E-state index >= 15 is 0 Å². The third-order valence-electron chi connectivity index (χ3n) is 5.46. The maximum Gasteiger partial charge on any atom is 0.338 e. The van der Waals surface area contributed by atoms with Crippen molar-refractivity contribution in [3.63, 3.8) is 0 Å². The van der Waals surface area contributed by atoms with Crippen LogP contribution < -0.4 is 0 Å². The molecule has 0 aliphatic carbocycles. The van der Waals surface area contributed by atoms with Gasteiger partial charge in [-0.3, -0.25) is 4.79 Å². The monoisotopic (exact) mass is 437 g/mol. The van der Waals surface area contributed by atoms with Gasteiger partial charge in [0.25, 0.3) is 0 Å². The summed E-state index contributed by atoms with van der Waals surface area (Å²) in [6, 6.07) is 24.1. The van der Waals surface area contributed by atoms with Gasteiger partial charge in [-0.05, 0) is 40.3 Å². The highest BCUT2D eigenvalue weighted by Crippen LogP contribution is 2.33. The predicted molar refractivity (Wildman–Crippen MR) is 122 cm³/mol. The van der Waals surface area contributed by atoms with E-state index in [1.165, 1.54) is 11.0 Å². The Bertz CT molecular complexity index is 1460. The molecule has 0 radical (unpaired) electrons. The highest BCUT2D eigenvalue weighted by molar-refractivity contribution is 6.14. The maximum atomic E-state index is 13.3. The molecule has 5 rings (SSSR count). The quantitative estimate of drug-likeness (QED) is 0.296. The summed E-state index contributed by atoms with van der Waals surface area (Å²) in [6.45, 7) is -0.373. The smallest absolute Gasteiger partial charge is 0.338 e. The van der Waals surface area contributed by atoms with Crippen LogP contribution in [0.1, 0.15) is 20.7 Å². The zero-order valence-corrected chi connectivity index (χ0v) is 17.8. The Morgan fingerprint density at radius 1 is 0.939 bits per heavy atom. The molecular formula is C25H19N5O3. The lowest BCUT2D eigenvalue weighted by Gasteiger charge is -2.09. The van der Waals surface area contributed by atoms with E-state index in [1.807, 2.05) is 66.2 Å². The molecule has 0 aliphatic rings. The molecule has 162 valence electrons. The summed E-state index contributed by atoms with van der Waals surface area (Å²) in [7, 11) is 1.93. The van der Waals surface area contributed by atoms with Crippen LogP contribution in [0.15, 0.2) is 85.2 Å². The second-order valence-corrected chi connectivity index (χ2v) is 7.47. The molecule has 8 nitrogen and oxygen atoms in total. The molecular weight excluding hydrogens is 418 g/mol. The summed E-state index contributed by atoms with van der Waals surface area (Å²) in [5.41, 5.74) is 4.09. The fraction of sp³-hybridized carbons (Fsp3) is 0.0800. The number of ketones is 1. The Kier molecular flexibility index (Phi) is 5.24. The van der Waals surface area contributed by atoms with Gasteiger partial charge in [0.05, 0.1) is 22.5 Å². The largest absolute Gasteiger partial charge is 0.454 e. The van der Waals surface area contributed by atoms with Crippen LogP contribution in [-0.2, 0) is 11.8 Å². The lowest BCUT2D eigenvalue weighted by molar-refractivity contribution is 0.0475. The lowest BCUT2D eigenvalue weighted by atomic mass is 10.0. The Hall–Kier alpha value is -4.59. The molecule has 2 aromatic heterocycles. The molecule has 5 aromatic rings. The van der Waals surface area contributed by atoms with Gasteiger partial charge in [0.1, 0.15) is 6.33 Å². The third-order valence-corrected chi connectivity index (χ3v) is 5.46. The molecule has 0 saturated heterocycles. The number of aromatic nitrogens is 5. The van der Waals surface area contributed by atoms with Gasteiger partial charge >= 0.3 is 5.97 Å². The van der Waals surface area contributed by atoms with Gasteiger partial charge in [0.15, 0.2) is 6.61 Å². The summed E-state index contributed by atoms with van der Waals surface area (Å²) < 4.78 is 8.84. The minimum atomic E-state index is -0.597. The molecule has 3 aromatic carbocycles. The van der Waals surface area contributed by atoms with Gasteiger partial charge < -0.3 is 9.30 Å². The van der Waals surface area contributed by atoms with Gasteiger partial charge in [0, 0.05) is 18.0 Å². The van der Waals surface area contributed by atoms with Crippen molar-refractivity contribution >= 4 is 22.7 Å². The minimum Gasteiger partial charge on any atom is -0.454 e. The third kappa shape index (κ3) is 3.78. The highest BCUT2D eigenvalue weighted by atomic mass is 16.5.